The van der Waals surface area contributed by atoms with Crippen molar-refractivity contribution in [2.24, 2.45) is 5.73 Å². The number of halogens is 3. The molecule has 0 amide bonds. The van der Waals surface area contributed by atoms with Gasteiger partial charge in [0.15, 0.2) is 0 Å². The second kappa shape index (κ2) is 5.90. The second-order valence-corrected chi connectivity index (χ2v) is 4.18. The molecule has 1 unspecified atom stereocenters. The molecule has 3 N–H and O–H groups in total. The fraction of sp³-hybridized carbons (Fsp3) is 0.500. The van der Waals surface area contributed by atoms with Gasteiger partial charge >= 0.3 is 6.18 Å². The van der Waals surface area contributed by atoms with E-state index in [1.165, 1.54) is 0 Å². The third kappa shape index (κ3) is 4.11. The highest BCUT2D eigenvalue weighted by Gasteiger charge is 2.33. The van der Waals surface area contributed by atoms with Crippen LogP contribution in [-0.2, 0) is 6.18 Å². The van der Waals surface area contributed by atoms with E-state index in [-0.39, 0.29) is 23.4 Å². The molecule has 1 heterocycles. The van der Waals surface area contributed by atoms with Gasteiger partial charge in [0.1, 0.15) is 11.5 Å². The fourth-order valence-corrected chi connectivity index (χ4v) is 1.55. The minimum atomic E-state index is -4.55. The van der Waals surface area contributed by atoms with Gasteiger partial charge in [-0.1, -0.05) is 13.3 Å². The van der Waals surface area contributed by atoms with E-state index in [0.717, 1.165) is 18.6 Å². The van der Waals surface area contributed by atoms with E-state index in [1.807, 2.05) is 6.92 Å². The van der Waals surface area contributed by atoms with Crippen LogP contribution in [0.15, 0.2) is 12.1 Å². The Morgan fingerprint density at radius 1 is 1.47 bits per heavy atom. The minimum absolute atomic E-state index is 0.0657. The summed E-state index contributed by atoms with van der Waals surface area (Å²) in [5.74, 6) is -0.622. The van der Waals surface area contributed by atoms with Gasteiger partial charge in [0.25, 0.3) is 0 Å². The van der Waals surface area contributed by atoms with Gasteiger partial charge in [0, 0.05) is 0 Å². The molecule has 0 saturated carbocycles. The number of hydrogen-bond acceptors (Lipinski definition) is 3. The Labute approximate surface area is 109 Å². The lowest BCUT2D eigenvalue weighted by atomic mass is 10.2. The molecule has 0 radical (unpaired) electrons. The van der Waals surface area contributed by atoms with Gasteiger partial charge in [-0.3, -0.25) is 5.41 Å². The molecule has 0 aliphatic carbocycles. The largest absolute Gasteiger partial charge is 0.474 e. The van der Waals surface area contributed by atoms with Crippen LogP contribution in [0.2, 0.25) is 0 Å². The van der Waals surface area contributed by atoms with Crippen molar-refractivity contribution in [3.63, 3.8) is 0 Å². The zero-order chi connectivity index (χ0) is 14.6. The van der Waals surface area contributed by atoms with E-state index >= 15 is 0 Å². The monoisotopic (exact) mass is 275 g/mol. The van der Waals surface area contributed by atoms with Crippen molar-refractivity contribution in [3.8, 4) is 5.88 Å². The second-order valence-electron chi connectivity index (χ2n) is 4.18. The highest BCUT2D eigenvalue weighted by Crippen LogP contribution is 2.30. The zero-order valence-electron chi connectivity index (χ0n) is 10.7. The summed E-state index contributed by atoms with van der Waals surface area (Å²) in [7, 11) is 0. The lowest BCUT2D eigenvalue weighted by molar-refractivity contribution is -0.141. The molecule has 1 aromatic heterocycles. The molecule has 1 atom stereocenters. The van der Waals surface area contributed by atoms with Crippen LogP contribution >= 0.6 is 0 Å². The highest BCUT2D eigenvalue weighted by molar-refractivity contribution is 5.97. The molecular weight excluding hydrogens is 259 g/mol. The van der Waals surface area contributed by atoms with Crippen LogP contribution in [0.25, 0.3) is 0 Å². The normalized spacial score (nSPS) is 13.1. The van der Waals surface area contributed by atoms with E-state index in [2.05, 4.69) is 4.98 Å². The van der Waals surface area contributed by atoms with E-state index in [0.29, 0.717) is 6.42 Å². The smallest absolute Gasteiger partial charge is 0.433 e. The summed E-state index contributed by atoms with van der Waals surface area (Å²) in [5.41, 5.74) is 4.31. The van der Waals surface area contributed by atoms with Gasteiger partial charge < -0.3 is 10.5 Å². The molecule has 19 heavy (non-hydrogen) atoms. The van der Waals surface area contributed by atoms with Crippen LogP contribution in [-0.4, -0.2) is 16.9 Å². The summed E-state index contributed by atoms with van der Waals surface area (Å²) < 4.78 is 43.1. The lowest BCUT2D eigenvalue weighted by Gasteiger charge is -2.17. The van der Waals surface area contributed by atoms with Crippen molar-refractivity contribution in [1.82, 2.24) is 4.98 Å². The van der Waals surface area contributed by atoms with Crippen LogP contribution in [0.1, 0.15) is 37.9 Å². The molecule has 0 aliphatic rings. The van der Waals surface area contributed by atoms with Crippen molar-refractivity contribution in [1.29, 1.82) is 5.41 Å². The number of nitrogens with one attached hydrogen (secondary N) is 1. The quantitative estimate of drug-likeness (QED) is 0.641. The van der Waals surface area contributed by atoms with E-state index < -0.39 is 11.9 Å². The minimum Gasteiger partial charge on any atom is -0.474 e. The first-order valence-electron chi connectivity index (χ1n) is 5.85. The van der Waals surface area contributed by atoms with Crippen LogP contribution in [0.3, 0.4) is 0 Å². The number of amidine groups is 1. The predicted molar refractivity (Wildman–Crippen MR) is 65.3 cm³/mol. The predicted octanol–water partition coefficient (Wildman–Crippen LogP) is 2.95. The fourth-order valence-electron chi connectivity index (χ4n) is 1.55. The summed E-state index contributed by atoms with van der Waals surface area (Å²) in [6, 6.07) is 1.89. The first-order valence-corrected chi connectivity index (χ1v) is 5.85. The summed E-state index contributed by atoms with van der Waals surface area (Å²) in [6.07, 6.45) is -3.34. The van der Waals surface area contributed by atoms with Gasteiger partial charge in [-0.15, -0.1) is 0 Å². The lowest BCUT2D eigenvalue weighted by Crippen LogP contribution is -2.20. The van der Waals surface area contributed by atoms with E-state index in [4.69, 9.17) is 15.9 Å². The number of hydrogen-bond donors (Lipinski definition) is 2. The Hall–Kier alpha value is -1.79. The Morgan fingerprint density at radius 3 is 2.58 bits per heavy atom. The molecule has 7 heteroatoms. The molecule has 4 nitrogen and oxygen atoms in total. The zero-order valence-corrected chi connectivity index (χ0v) is 10.7. The third-order valence-corrected chi connectivity index (χ3v) is 2.45. The first-order chi connectivity index (χ1) is 8.75. The van der Waals surface area contributed by atoms with Gasteiger partial charge in [0.05, 0.1) is 11.7 Å². The third-order valence-electron chi connectivity index (χ3n) is 2.45. The van der Waals surface area contributed by atoms with Crippen molar-refractivity contribution >= 4 is 5.84 Å². The van der Waals surface area contributed by atoms with Gasteiger partial charge in [-0.25, -0.2) is 4.98 Å². The molecule has 0 aromatic carbocycles. The summed E-state index contributed by atoms with van der Waals surface area (Å²) in [4.78, 5) is 3.42. The molecule has 1 aromatic rings. The number of ether oxygens (including phenoxy) is 1. The van der Waals surface area contributed by atoms with Crippen LogP contribution in [0, 0.1) is 5.41 Å². The number of pyridine rings is 1. The molecule has 0 spiro atoms. The number of nitrogens with two attached hydrogens (primary N) is 1. The van der Waals surface area contributed by atoms with Crippen molar-refractivity contribution in [2.45, 2.75) is 39.0 Å². The van der Waals surface area contributed by atoms with Crippen LogP contribution in [0.4, 0.5) is 13.2 Å². The Bertz CT molecular complexity index is 460. The average molecular weight is 275 g/mol. The van der Waals surface area contributed by atoms with Gasteiger partial charge in [-0.2, -0.15) is 13.2 Å². The number of aromatic nitrogens is 1. The molecule has 0 bridgehead atoms. The first kappa shape index (κ1) is 15.3. The Kier molecular flexibility index (Phi) is 4.74. The van der Waals surface area contributed by atoms with Crippen LogP contribution < -0.4 is 10.5 Å². The molecule has 1 rings (SSSR count). The van der Waals surface area contributed by atoms with Crippen molar-refractivity contribution in [3.05, 3.63) is 23.4 Å². The maximum Gasteiger partial charge on any atom is 0.433 e. The summed E-state index contributed by atoms with van der Waals surface area (Å²) in [6.45, 7) is 3.67. The molecule has 0 fully saturated rings. The van der Waals surface area contributed by atoms with Gasteiger partial charge in [0.2, 0.25) is 5.88 Å². The Balaban J connectivity index is 3.12. The van der Waals surface area contributed by atoms with Crippen molar-refractivity contribution < 1.29 is 17.9 Å². The molecule has 0 aliphatic heterocycles. The maximum atomic E-state index is 12.6. The number of rotatable bonds is 5. The summed E-state index contributed by atoms with van der Waals surface area (Å²) >= 11 is 0. The SMILES string of the molecule is CCCC(C)Oc1nc(C(F)(F)F)ccc1C(=N)N. The topological polar surface area (TPSA) is 72.0 Å². The van der Waals surface area contributed by atoms with Crippen molar-refractivity contribution in [2.75, 3.05) is 0 Å². The highest BCUT2D eigenvalue weighted by atomic mass is 19.4. The molecule has 106 valence electrons. The average Bonchev–Trinajstić information content (AvgIpc) is 2.27. The molecule has 0 saturated heterocycles. The van der Waals surface area contributed by atoms with Crippen LogP contribution in [0.5, 0.6) is 5.88 Å². The van der Waals surface area contributed by atoms with E-state index in [1.54, 1.807) is 6.92 Å². The number of alkyl halides is 3. The van der Waals surface area contributed by atoms with E-state index in [9.17, 15) is 13.2 Å². The van der Waals surface area contributed by atoms with Gasteiger partial charge in [-0.05, 0) is 25.5 Å². The number of nitrogens with zero attached hydrogens (tertiary/aromatic N) is 1. The maximum absolute atomic E-state index is 12.6. The summed E-state index contributed by atoms with van der Waals surface area (Å²) in [5, 5.41) is 7.33. The Morgan fingerprint density at radius 2 is 2.11 bits per heavy atom. The number of nitrogen functional groups attached to an aromatic ring is 1. The standard InChI is InChI=1S/C12H16F3N3O/c1-3-4-7(2)19-11-8(10(16)17)5-6-9(18-11)12(13,14)15/h5-7H,3-4H2,1-2H3,(H3,16,17). The molecular formula is C12H16F3N3O.